The van der Waals surface area contributed by atoms with Crippen molar-refractivity contribution in [2.24, 2.45) is 0 Å². The van der Waals surface area contributed by atoms with Crippen LogP contribution < -0.4 is 10.1 Å². The molecule has 1 N–H and O–H groups in total. The van der Waals surface area contributed by atoms with Crippen LogP contribution in [-0.4, -0.2) is 7.11 Å². The second-order valence-electron chi connectivity index (χ2n) is 3.68. The molecular formula is C15H15NO. The molecule has 0 saturated heterocycles. The van der Waals surface area contributed by atoms with E-state index < -0.39 is 0 Å². The summed E-state index contributed by atoms with van der Waals surface area (Å²) in [4.78, 5) is 0. The molecule has 2 heteroatoms. The van der Waals surface area contributed by atoms with Gasteiger partial charge in [0.1, 0.15) is 5.75 Å². The molecule has 0 unspecified atom stereocenters. The van der Waals surface area contributed by atoms with Crippen LogP contribution in [-0.2, 0) is 0 Å². The molecule has 0 heterocycles. The van der Waals surface area contributed by atoms with Gasteiger partial charge in [-0.3, -0.25) is 0 Å². The van der Waals surface area contributed by atoms with Crippen molar-refractivity contribution in [1.82, 2.24) is 0 Å². The van der Waals surface area contributed by atoms with E-state index in [9.17, 15) is 0 Å². The Morgan fingerprint density at radius 1 is 0.941 bits per heavy atom. The van der Waals surface area contributed by atoms with Crippen LogP contribution in [0.5, 0.6) is 5.75 Å². The summed E-state index contributed by atoms with van der Waals surface area (Å²) in [5, 5.41) is 3.32. The van der Waals surface area contributed by atoms with Crippen LogP contribution in [0.15, 0.2) is 55.1 Å². The number of anilines is 2. The van der Waals surface area contributed by atoms with Crippen LogP contribution in [0.3, 0.4) is 0 Å². The van der Waals surface area contributed by atoms with Crippen LogP contribution in [0.4, 0.5) is 11.4 Å². The Morgan fingerprint density at radius 2 is 1.47 bits per heavy atom. The Balaban J connectivity index is 2.10. The van der Waals surface area contributed by atoms with Gasteiger partial charge in [-0.1, -0.05) is 24.8 Å². The maximum absolute atomic E-state index is 5.11. The van der Waals surface area contributed by atoms with Crippen molar-refractivity contribution in [3.8, 4) is 5.75 Å². The Labute approximate surface area is 102 Å². The predicted molar refractivity (Wildman–Crippen MR) is 72.8 cm³/mol. The average Bonchev–Trinajstić information content (AvgIpc) is 2.40. The summed E-state index contributed by atoms with van der Waals surface area (Å²) in [5.41, 5.74) is 3.21. The zero-order valence-corrected chi connectivity index (χ0v) is 9.81. The fourth-order valence-corrected chi connectivity index (χ4v) is 1.54. The van der Waals surface area contributed by atoms with Gasteiger partial charge in [0.15, 0.2) is 0 Å². The van der Waals surface area contributed by atoms with Gasteiger partial charge in [-0.25, -0.2) is 0 Å². The molecular weight excluding hydrogens is 210 g/mol. The highest BCUT2D eigenvalue weighted by Gasteiger charge is 1.95. The van der Waals surface area contributed by atoms with E-state index >= 15 is 0 Å². The predicted octanol–water partition coefficient (Wildman–Crippen LogP) is 4.08. The van der Waals surface area contributed by atoms with Gasteiger partial charge in [-0.2, -0.15) is 0 Å². The summed E-state index contributed by atoms with van der Waals surface area (Å²) in [6.07, 6.45) is 1.83. The van der Waals surface area contributed by atoms with Crippen LogP contribution >= 0.6 is 0 Å². The summed E-state index contributed by atoms with van der Waals surface area (Å²) in [6.45, 7) is 3.73. The number of rotatable bonds is 4. The van der Waals surface area contributed by atoms with E-state index in [1.807, 2.05) is 54.6 Å². The lowest BCUT2D eigenvalue weighted by molar-refractivity contribution is 0.415. The van der Waals surface area contributed by atoms with Crippen molar-refractivity contribution in [3.63, 3.8) is 0 Å². The smallest absolute Gasteiger partial charge is 0.119 e. The number of hydrogen-bond donors (Lipinski definition) is 1. The number of methoxy groups -OCH3 is 1. The van der Waals surface area contributed by atoms with E-state index in [1.54, 1.807) is 7.11 Å². The number of benzene rings is 2. The molecule has 17 heavy (non-hydrogen) atoms. The van der Waals surface area contributed by atoms with Crippen LogP contribution in [0.25, 0.3) is 6.08 Å². The van der Waals surface area contributed by atoms with Gasteiger partial charge in [0, 0.05) is 11.4 Å². The fraction of sp³-hybridized carbons (Fsp3) is 0.0667. The topological polar surface area (TPSA) is 21.3 Å². The Kier molecular flexibility index (Phi) is 3.46. The monoisotopic (exact) mass is 225 g/mol. The van der Waals surface area contributed by atoms with E-state index in [-0.39, 0.29) is 0 Å². The maximum Gasteiger partial charge on any atom is 0.119 e. The van der Waals surface area contributed by atoms with Crippen molar-refractivity contribution >= 4 is 17.5 Å². The van der Waals surface area contributed by atoms with Gasteiger partial charge in [0.25, 0.3) is 0 Å². The van der Waals surface area contributed by atoms with Crippen molar-refractivity contribution < 1.29 is 4.74 Å². The minimum Gasteiger partial charge on any atom is -0.497 e. The summed E-state index contributed by atoms with van der Waals surface area (Å²) < 4.78 is 5.11. The quantitative estimate of drug-likeness (QED) is 0.846. The molecule has 0 aromatic heterocycles. The molecule has 2 aromatic rings. The zero-order chi connectivity index (χ0) is 12.1. The van der Waals surface area contributed by atoms with E-state index in [0.717, 1.165) is 22.7 Å². The molecule has 0 bridgehead atoms. The van der Waals surface area contributed by atoms with Crippen molar-refractivity contribution in [1.29, 1.82) is 0 Å². The number of ether oxygens (including phenoxy) is 1. The van der Waals surface area contributed by atoms with E-state index in [2.05, 4.69) is 11.9 Å². The molecule has 0 aliphatic carbocycles. The summed E-state index contributed by atoms with van der Waals surface area (Å²) in [7, 11) is 1.66. The molecule has 2 aromatic carbocycles. The van der Waals surface area contributed by atoms with Crippen LogP contribution in [0, 0.1) is 0 Å². The highest BCUT2D eigenvalue weighted by atomic mass is 16.5. The first-order valence-electron chi connectivity index (χ1n) is 5.45. The molecule has 0 radical (unpaired) electrons. The van der Waals surface area contributed by atoms with Crippen molar-refractivity contribution in [2.45, 2.75) is 0 Å². The average molecular weight is 225 g/mol. The fourth-order valence-electron chi connectivity index (χ4n) is 1.54. The molecule has 0 spiro atoms. The molecule has 0 aliphatic heterocycles. The lowest BCUT2D eigenvalue weighted by Gasteiger charge is -2.07. The third-order valence-corrected chi connectivity index (χ3v) is 2.53. The lowest BCUT2D eigenvalue weighted by atomic mass is 10.2. The molecule has 86 valence electrons. The SMILES string of the molecule is C=Cc1ccc(Nc2ccc(OC)cc2)cc1. The minimum atomic E-state index is 0.859. The first-order chi connectivity index (χ1) is 8.31. The van der Waals surface area contributed by atoms with E-state index in [4.69, 9.17) is 4.74 Å². The highest BCUT2D eigenvalue weighted by Crippen LogP contribution is 2.20. The summed E-state index contributed by atoms with van der Waals surface area (Å²) in [6, 6.07) is 15.9. The third kappa shape index (κ3) is 2.88. The van der Waals surface area contributed by atoms with Crippen LogP contribution in [0.2, 0.25) is 0 Å². The van der Waals surface area contributed by atoms with E-state index in [1.165, 1.54) is 0 Å². The molecule has 0 saturated carbocycles. The molecule has 0 fully saturated rings. The molecule has 2 rings (SSSR count). The molecule has 0 atom stereocenters. The van der Waals surface area contributed by atoms with E-state index in [0.29, 0.717) is 0 Å². The Bertz CT molecular complexity index is 485. The molecule has 0 amide bonds. The normalized spacial score (nSPS) is 9.71. The second kappa shape index (κ2) is 5.21. The summed E-state index contributed by atoms with van der Waals surface area (Å²) in [5.74, 6) is 0.859. The van der Waals surface area contributed by atoms with Gasteiger partial charge in [-0.15, -0.1) is 0 Å². The first-order valence-corrected chi connectivity index (χ1v) is 5.45. The number of nitrogens with one attached hydrogen (secondary N) is 1. The van der Waals surface area contributed by atoms with Crippen LogP contribution in [0.1, 0.15) is 5.56 Å². The molecule has 2 nitrogen and oxygen atoms in total. The third-order valence-electron chi connectivity index (χ3n) is 2.53. The lowest BCUT2D eigenvalue weighted by Crippen LogP contribution is -1.90. The zero-order valence-electron chi connectivity index (χ0n) is 9.81. The second-order valence-corrected chi connectivity index (χ2v) is 3.68. The Morgan fingerprint density at radius 3 is 1.94 bits per heavy atom. The largest absolute Gasteiger partial charge is 0.497 e. The highest BCUT2D eigenvalue weighted by molar-refractivity contribution is 5.62. The molecule has 0 aliphatic rings. The van der Waals surface area contributed by atoms with Crippen molar-refractivity contribution in [3.05, 3.63) is 60.7 Å². The van der Waals surface area contributed by atoms with Crippen molar-refractivity contribution in [2.75, 3.05) is 12.4 Å². The standard InChI is InChI=1S/C15H15NO/c1-3-12-4-6-13(7-5-12)16-14-8-10-15(17-2)11-9-14/h3-11,16H,1H2,2H3. The minimum absolute atomic E-state index is 0.859. The number of hydrogen-bond acceptors (Lipinski definition) is 2. The van der Waals surface area contributed by atoms with Gasteiger partial charge in [0.05, 0.1) is 7.11 Å². The summed E-state index contributed by atoms with van der Waals surface area (Å²) >= 11 is 0. The Hall–Kier alpha value is -2.22. The first kappa shape index (κ1) is 11.3. The van der Waals surface area contributed by atoms with Gasteiger partial charge in [0.2, 0.25) is 0 Å². The maximum atomic E-state index is 5.11. The van der Waals surface area contributed by atoms with Gasteiger partial charge in [-0.05, 0) is 42.0 Å². The van der Waals surface area contributed by atoms with Gasteiger partial charge >= 0.3 is 0 Å². The van der Waals surface area contributed by atoms with Gasteiger partial charge < -0.3 is 10.1 Å².